The first kappa shape index (κ1) is 8.85. The largest absolute Gasteiger partial charge is 0.444 e. The van der Waals surface area contributed by atoms with Gasteiger partial charge in [0.05, 0.1) is 6.54 Å². The van der Waals surface area contributed by atoms with E-state index in [1.54, 1.807) is 0 Å². The van der Waals surface area contributed by atoms with Crippen LogP contribution in [0.3, 0.4) is 0 Å². The van der Waals surface area contributed by atoms with E-state index in [4.69, 9.17) is 4.74 Å². The molecule has 1 aliphatic heterocycles. The molecule has 1 saturated carbocycles. The second kappa shape index (κ2) is 3.56. The topological polar surface area (TPSA) is 38.3 Å². The smallest absolute Gasteiger partial charge is 0.407 e. The third-order valence-electron chi connectivity index (χ3n) is 3.21. The Morgan fingerprint density at radius 3 is 2.92 bits per heavy atom. The monoisotopic (exact) mass is 183 g/mol. The minimum absolute atomic E-state index is 0.148. The lowest BCUT2D eigenvalue weighted by molar-refractivity contribution is 0.0786. The van der Waals surface area contributed by atoms with Gasteiger partial charge >= 0.3 is 6.09 Å². The lowest BCUT2D eigenvalue weighted by Crippen LogP contribution is -2.28. The van der Waals surface area contributed by atoms with E-state index >= 15 is 0 Å². The molecule has 3 nitrogen and oxygen atoms in total. The van der Waals surface area contributed by atoms with Crippen LogP contribution in [0.25, 0.3) is 0 Å². The fraction of sp³-hybridized carbons (Fsp3) is 0.900. The van der Waals surface area contributed by atoms with Crippen molar-refractivity contribution in [3.8, 4) is 0 Å². The summed E-state index contributed by atoms with van der Waals surface area (Å²) in [6.07, 6.45) is 4.99. The molecule has 2 aliphatic rings. The minimum atomic E-state index is -0.233. The van der Waals surface area contributed by atoms with Crippen molar-refractivity contribution < 1.29 is 9.53 Å². The summed E-state index contributed by atoms with van der Waals surface area (Å²) in [6.45, 7) is 3.01. The van der Waals surface area contributed by atoms with E-state index in [0.717, 1.165) is 12.5 Å². The Bertz CT molecular complexity index is 205. The molecular weight excluding hydrogens is 166 g/mol. The van der Waals surface area contributed by atoms with E-state index < -0.39 is 0 Å². The van der Waals surface area contributed by atoms with Crippen molar-refractivity contribution in [1.82, 2.24) is 5.32 Å². The lowest BCUT2D eigenvalue weighted by atomic mass is 9.79. The van der Waals surface area contributed by atoms with Gasteiger partial charge in [-0.2, -0.15) is 0 Å². The number of carbonyl (C=O) groups is 1. The van der Waals surface area contributed by atoms with Crippen molar-refractivity contribution in [2.45, 2.75) is 38.7 Å². The van der Waals surface area contributed by atoms with Crippen molar-refractivity contribution in [1.29, 1.82) is 0 Å². The molecule has 3 heteroatoms. The van der Waals surface area contributed by atoms with Gasteiger partial charge in [-0.15, -0.1) is 0 Å². The van der Waals surface area contributed by atoms with Crippen LogP contribution in [0.5, 0.6) is 0 Å². The van der Waals surface area contributed by atoms with Gasteiger partial charge in [0, 0.05) is 0 Å². The third-order valence-corrected chi connectivity index (χ3v) is 3.21. The van der Waals surface area contributed by atoms with Gasteiger partial charge in [-0.1, -0.05) is 19.8 Å². The van der Waals surface area contributed by atoms with Crippen LogP contribution >= 0.6 is 0 Å². The zero-order valence-electron chi connectivity index (χ0n) is 8.08. The zero-order chi connectivity index (χ0) is 9.26. The summed E-state index contributed by atoms with van der Waals surface area (Å²) < 4.78 is 5.20. The number of hydrogen-bond acceptors (Lipinski definition) is 2. The molecule has 2 fully saturated rings. The van der Waals surface area contributed by atoms with Crippen LogP contribution in [-0.2, 0) is 4.74 Å². The molecule has 1 amide bonds. The molecule has 1 saturated heterocycles. The first-order valence-corrected chi connectivity index (χ1v) is 5.20. The predicted molar refractivity (Wildman–Crippen MR) is 49.4 cm³/mol. The maximum absolute atomic E-state index is 10.8. The summed E-state index contributed by atoms with van der Waals surface area (Å²) in [5, 5.41) is 2.72. The van der Waals surface area contributed by atoms with Gasteiger partial charge < -0.3 is 10.1 Å². The predicted octanol–water partition coefficient (Wildman–Crippen LogP) is 1.92. The molecule has 0 aromatic rings. The number of hydrogen-bond donors (Lipinski definition) is 1. The Balaban J connectivity index is 1.89. The molecule has 0 aromatic heterocycles. The highest BCUT2D eigenvalue weighted by Crippen LogP contribution is 2.32. The summed E-state index contributed by atoms with van der Waals surface area (Å²) in [7, 11) is 0. The third kappa shape index (κ3) is 1.95. The van der Waals surface area contributed by atoms with Gasteiger partial charge in [0.25, 0.3) is 0 Å². The molecule has 3 atom stereocenters. The van der Waals surface area contributed by atoms with Crippen LogP contribution in [0.1, 0.15) is 32.6 Å². The minimum Gasteiger partial charge on any atom is -0.444 e. The Hall–Kier alpha value is -0.730. The molecule has 0 spiro atoms. The highest BCUT2D eigenvalue weighted by molar-refractivity contribution is 5.69. The Morgan fingerprint density at radius 2 is 2.31 bits per heavy atom. The molecule has 13 heavy (non-hydrogen) atoms. The normalized spacial score (nSPS) is 39.8. The second-order valence-corrected chi connectivity index (χ2v) is 4.36. The molecule has 1 aliphatic carbocycles. The molecule has 0 bridgehead atoms. The number of ether oxygens (including phenoxy) is 1. The van der Waals surface area contributed by atoms with E-state index in [1.165, 1.54) is 25.7 Å². The van der Waals surface area contributed by atoms with Gasteiger partial charge in [0.2, 0.25) is 0 Å². The van der Waals surface area contributed by atoms with E-state index in [9.17, 15) is 4.79 Å². The molecule has 1 N–H and O–H groups in total. The standard InChI is InChI=1S/C10H17NO2/c1-7-3-2-4-8(5-7)9-6-11-10(12)13-9/h7-9H,2-6H2,1H3,(H,11,12). The Morgan fingerprint density at radius 1 is 1.46 bits per heavy atom. The van der Waals surface area contributed by atoms with Crippen molar-refractivity contribution in [2.75, 3.05) is 6.54 Å². The van der Waals surface area contributed by atoms with Crippen molar-refractivity contribution in [3.63, 3.8) is 0 Å². The van der Waals surface area contributed by atoms with Crippen LogP contribution in [0, 0.1) is 11.8 Å². The van der Waals surface area contributed by atoms with E-state index in [2.05, 4.69) is 12.2 Å². The van der Waals surface area contributed by atoms with Crippen LogP contribution in [0.2, 0.25) is 0 Å². The highest BCUT2D eigenvalue weighted by atomic mass is 16.6. The van der Waals surface area contributed by atoms with Crippen LogP contribution < -0.4 is 5.32 Å². The molecule has 3 unspecified atom stereocenters. The quantitative estimate of drug-likeness (QED) is 0.674. The number of nitrogens with one attached hydrogen (secondary N) is 1. The van der Waals surface area contributed by atoms with Gasteiger partial charge in [-0.05, 0) is 24.7 Å². The van der Waals surface area contributed by atoms with Crippen molar-refractivity contribution in [2.24, 2.45) is 11.8 Å². The maximum Gasteiger partial charge on any atom is 0.407 e. The molecule has 2 rings (SSSR count). The van der Waals surface area contributed by atoms with Gasteiger partial charge in [0.15, 0.2) is 0 Å². The van der Waals surface area contributed by atoms with Crippen molar-refractivity contribution in [3.05, 3.63) is 0 Å². The zero-order valence-corrected chi connectivity index (χ0v) is 8.08. The number of amides is 1. The van der Waals surface area contributed by atoms with Gasteiger partial charge in [-0.25, -0.2) is 4.79 Å². The fourth-order valence-corrected chi connectivity index (χ4v) is 2.49. The number of rotatable bonds is 1. The van der Waals surface area contributed by atoms with Crippen LogP contribution in [0.4, 0.5) is 4.79 Å². The van der Waals surface area contributed by atoms with E-state index in [0.29, 0.717) is 5.92 Å². The van der Waals surface area contributed by atoms with Crippen LogP contribution in [0.15, 0.2) is 0 Å². The van der Waals surface area contributed by atoms with Crippen molar-refractivity contribution >= 4 is 6.09 Å². The second-order valence-electron chi connectivity index (χ2n) is 4.36. The molecule has 0 radical (unpaired) electrons. The summed E-state index contributed by atoms with van der Waals surface area (Å²) in [5.41, 5.74) is 0. The van der Waals surface area contributed by atoms with E-state index in [-0.39, 0.29) is 12.2 Å². The van der Waals surface area contributed by atoms with Crippen LogP contribution in [-0.4, -0.2) is 18.7 Å². The Kier molecular flexibility index (Phi) is 2.42. The molecular formula is C10H17NO2. The first-order chi connectivity index (χ1) is 6.25. The summed E-state index contributed by atoms with van der Waals surface area (Å²) in [6, 6.07) is 0. The average Bonchev–Trinajstić information content (AvgIpc) is 2.52. The number of carbonyl (C=O) groups excluding carboxylic acids is 1. The number of cyclic esters (lactones) is 1. The van der Waals surface area contributed by atoms with Gasteiger partial charge in [0.1, 0.15) is 6.10 Å². The summed E-state index contributed by atoms with van der Waals surface area (Å²) >= 11 is 0. The lowest BCUT2D eigenvalue weighted by Gasteiger charge is -2.29. The molecule has 74 valence electrons. The fourth-order valence-electron chi connectivity index (χ4n) is 2.49. The Labute approximate surface area is 78.8 Å². The van der Waals surface area contributed by atoms with Gasteiger partial charge in [-0.3, -0.25) is 0 Å². The molecule has 1 heterocycles. The maximum atomic E-state index is 10.8. The summed E-state index contributed by atoms with van der Waals surface area (Å²) in [4.78, 5) is 10.8. The SMILES string of the molecule is CC1CCCC(C2CNC(=O)O2)C1. The first-order valence-electron chi connectivity index (χ1n) is 5.20. The summed E-state index contributed by atoms with van der Waals surface area (Å²) in [5.74, 6) is 1.40. The molecule has 0 aromatic carbocycles. The highest BCUT2D eigenvalue weighted by Gasteiger charge is 2.33. The number of alkyl carbamates (subject to hydrolysis) is 1. The average molecular weight is 183 g/mol. The van der Waals surface area contributed by atoms with E-state index in [1.807, 2.05) is 0 Å².